The Bertz CT molecular complexity index is 442. The van der Waals surface area contributed by atoms with Gasteiger partial charge in [-0.05, 0) is 55.7 Å². The molecule has 0 amide bonds. The van der Waals surface area contributed by atoms with E-state index in [0.717, 1.165) is 17.4 Å². The standard InChI is InChI=1S/C17H25F2NO/c1-11-7-12(2)9-15(8-11)20-13(3)14-5-4-6-16(10-14)21-17(18)19/h4-6,10-13,15,17,20H,7-9H2,1-3H3. The highest BCUT2D eigenvalue weighted by Crippen LogP contribution is 2.30. The van der Waals surface area contributed by atoms with Crippen molar-refractivity contribution < 1.29 is 13.5 Å². The maximum atomic E-state index is 12.3. The molecule has 0 radical (unpaired) electrons. The maximum absolute atomic E-state index is 12.3. The molecule has 118 valence electrons. The Labute approximate surface area is 125 Å². The van der Waals surface area contributed by atoms with Gasteiger partial charge >= 0.3 is 6.61 Å². The Kier molecular flexibility index (Phi) is 5.57. The van der Waals surface area contributed by atoms with Crippen LogP contribution in [0, 0.1) is 11.8 Å². The molecule has 21 heavy (non-hydrogen) atoms. The van der Waals surface area contributed by atoms with Gasteiger partial charge in [-0.2, -0.15) is 8.78 Å². The monoisotopic (exact) mass is 297 g/mol. The van der Waals surface area contributed by atoms with Crippen LogP contribution in [0.3, 0.4) is 0 Å². The van der Waals surface area contributed by atoms with Gasteiger partial charge in [0.05, 0.1) is 0 Å². The average Bonchev–Trinajstić information content (AvgIpc) is 2.36. The van der Waals surface area contributed by atoms with Crippen LogP contribution in [-0.2, 0) is 0 Å². The zero-order chi connectivity index (χ0) is 15.4. The highest BCUT2D eigenvalue weighted by atomic mass is 19.3. The maximum Gasteiger partial charge on any atom is 0.387 e. The van der Waals surface area contributed by atoms with Crippen molar-refractivity contribution in [2.75, 3.05) is 0 Å². The lowest BCUT2D eigenvalue weighted by atomic mass is 9.80. The van der Waals surface area contributed by atoms with Crippen molar-refractivity contribution in [3.8, 4) is 5.75 Å². The minimum atomic E-state index is -2.77. The zero-order valence-electron chi connectivity index (χ0n) is 13.0. The molecule has 1 aromatic carbocycles. The van der Waals surface area contributed by atoms with Crippen molar-refractivity contribution in [3.05, 3.63) is 29.8 Å². The van der Waals surface area contributed by atoms with Gasteiger partial charge in [0.1, 0.15) is 5.75 Å². The number of benzene rings is 1. The fraction of sp³-hybridized carbons (Fsp3) is 0.647. The molecule has 0 saturated heterocycles. The summed E-state index contributed by atoms with van der Waals surface area (Å²) in [6.07, 6.45) is 3.66. The van der Waals surface area contributed by atoms with Crippen LogP contribution in [0.2, 0.25) is 0 Å². The molecule has 2 nitrogen and oxygen atoms in total. The molecule has 3 atom stereocenters. The lowest BCUT2D eigenvalue weighted by molar-refractivity contribution is -0.0499. The van der Waals surface area contributed by atoms with Crippen LogP contribution in [0.1, 0.15) is 51.6 Å². The molecule has 0 spiro atoms. The average molecular weight is 297 g/mol. The summed E-state index contributed by atoms with van der Waals surface area (Å²) in [7, 11) is 0. The first kappa shape index (κ1) is 16.2. The van der Waals surface area contributed by atoms with Gasteiger partial charge in [-0.1, -0.05) is 26.0 Å². The second kappa shape index (κ2) is 7.21. The van der Waals surface area contributed by atoms with Crippen molar-refractivity contribution in [2.24, 2.45) is 11.8 Å². The summed E-state index contributed by atoms with van der Waals surface area (Å²) >= 11 is 0. The molecule has 1 aliphatic rings. The number of alkyl halides is 2. The Morgan fingerprint density at radius 1 is 1.14 bits per heavy atom. The number of hydrogen-bond acceptors (Lipinski definition) is 2. The van der Waals surface area contributed by atoms with Crippen molar-refractivity contribution in [1.29, 1.82) is 0 Å². The van der Waals surface area contributed by atoms with Crippen LogP contribution in [0.25, 0.3) is 0 Å². The van der Waals surface area contributed by atoms with E-state index in [-0.39, 0.29) is 11.8 Å². The molecular formula is C17H25F2NO. The number of nitrogens with one attached hydrogen (secondary N) is 1. The lowest BCUT2D eigenvalue weighted by Crippen LogP contribution is -2.37. The molecule has 1 saturated carbocycles. The summed E-state index contributed by atoms with van der Waals surface area (Å²) in [6, 6.07) is 7.60. The van der Waals surface area contributed by atoms with E-state index in [9.17, 15) is 8.78 Å². The van der Waals surface area contributed by atoms with Crippen molar-refractivity contribution in [2.45, 2.75) is 58.7 Å². The molecule has 3 unspecified atom stereocenters. The van der Waals surface area contributed by atoms with Gasteiger partial charge in [0.2, 0.25) is 0 Å². The van der Waals surface area contributed by atoms with Gasteiger partial charge in [0.25, 0.3) is 0 Å². The molecule has 4 heteroatoms. The minimum absolute atomic E-state index is 0.133. The number of rotatable bonds is 5. The SMILES string of the molecule is CC1CC(C)CC(NC(C)c2cccc(OC(F)F)c2)C1. The highest BCUT2D eigenvalue weighted by molar-refractivity contribution is 5.30. The predicted molar refractivity (Wildman–Crippen MR) is 80.6 cm³/mol. The fourth-order valence-corrected chi connectivity index (χ4v) is 3.49. The van der Waals surface area contributed by atoms with E-state index in [0.29, 0.717) is 6.04 Å². The Morgan fingerprint density at radius 2 is 1.81 bits per heavy atom. The number of halogens is 2. The van der Waals surface area contributed by atoms with Crippen LogP contribution >= 0.6 is 0 Å². The number of hydrogen-bond donors (Lipinski definition) is 1. The Balaban J connectivity index is 1.97. The van der Waals surface area contributed by atoms with Gasteiger partial charge in [0, 0.05) is 12.1 Å². The van der Waals surface area contributed by atoms with Crippen LogP contribution in [-0.4, -0.2) is 12.7 Å². The number of ether oxygens (including phenoxy) is 1. The molecule has 1 aromatic rings. The molecule has 0 aliphatic heterocycles. The molecule has 1 aliphatic carbocycles. The fourth-order valence-electron chi connectivity index (χ4n) is 3.49. The van der Waals surface area contributed by atoms with Crippen LogP contribution in [0.4, 0.5) is 8.78 Å². The third-order valence-corrected chi connectivity index (χ3v) is 4.25. The summed E-state index contributed by atoms with van der Waals surface area (Å²) < 4.78 is 29.0. The summed E-state index contributed by atoms with van der Waals surface area (Å²) in [5.74, 6) is 1.71. The second-order valence-corrected chi connectivity index (χ2v) is 6.45. The largest absolute Gasteiger partial charge is 0.435 e. The van der Waals surface area contributed by atoms with Gasteiger partial charge in [-0.25, -0.2) is 0 Å². The second-order valence-electron chi connectivity index (χ2n) is 6.45. The minimum Gasteiger partial charge on any atom is -0.435 e. The molecule has 0 aromatic heterocycles. The van der Waals surface area contributed by atoms with Crippen LogP contribution in [0.15, 0.2) is 24.3 Å². The van der Waals surface area contributed by atoms with Gasteiger partial charge in [-0.15, -0.1) is 0 Å². The third kappa shape index (κ3) is 4.95. The van der Waals surface area contributed by atoms with Gasteiger partial charge in [-0.3, -0.25) is 0 Å². The first-order valence-corrected chi connectivity index (χ1v) is 7.75. The Morgan fingerprint density at radius 3 is 2.43 bits per heavy atom. The summed E-state index contributed by atoms with van der Waals surface area (Å²) in [5, 5.41) is 3.63. The van der Waals surface area contributed by atoms with Crippen molar-refractivity contribution in [3.63, 3.8) is 0 Å². The van der Waals surface area contributed by atoms with Gasteiger partial charge in [0.15, 0.2) is 0 Å². The van der Waals surface area contributed by atoms with E-state index >= 15 is 0 Å². The summed E-state index contributed by atoms with van der Waals surface area (Å²) in [4.78, 5) is 0. The van der Waals surface area contributed by atoms with E-state index in [1.165, 1.54) is 19.3 Å². The van der Waals surface area contributed by atoms with E-state index in [4.69, 9.17) is 0 Å². The molecule has 0 bridgehead atoms. The van der Waals surface area contributed by atoms with E-state index < -0.39 is 6.61 Å². The quantitative estimate of drug-likeness (QED) is 0.845. The first-order chi connectivity index (χ1) is 9.94. The molecule has 2 rings (SSSR count). The Hall–Kier alpha value is -1.16. The third-order valence-electron chi connectivity index (χ3n) is 4.25. The lowest BCUT2D eigenvalue weighted by Gasteiger charge is -2.34. The summed E-state index contributed by atoms with van der Waals surface area (Å²) in [6.45, 7) is 3.90. The van der Waals surface area contributed by atoms with E-state index in [1.807, 2.05) is 6.07 Å². The predicted octanol–water partition coefficient (Wildman–Crippen LogP) is 4.76. The molecule has 0 heterocycles. The zero-order valence-corrected chi connectivity index (χ0v) is 13.0. The van der Waals surface area contributed by atoms with Crippen molar-refractivity contribution >= 4 is 0 Å². The van der Waals surface area contributed by atoms with Crippen LogP contribution < -0.4 is 10.1 Å². The first-order valence-electron chi connectivity index (χ1n) is 7.75. The smallest absolute Gasteiger partial charge is 0.387 e. The van der Waals surface area contributed by atoms with Gasteiger partial charge < -0.3 is 10.1 Å². The molecule has 1 fully saturated rings. The molecular weight excluding hydrogens is 272 g/mol. The van der Waals surface area contributed by atoms with Crippen molar-refractivity contribution in [1.82, 2.24) is 5.32 Å². The molecule has 1 N–H and O–H groups in total. The highest BCUT2D eigenvalue weighted by Gasteiger charge is 2.25. The van der Waals surface area contributed by atoms with Crippen LogP contribution in [0.5, 0.6) is 5.75 Å². The topological polar surface area (TPSA) is 21.3 Å². The summed E-state index contributed by atoms with van der Waals surface area (Å²) in [5.41, 5.74) is 0.985. The van der Waals surface area contributed by atoms with E-state index in [2.05, 4.69) is 30.8 Å². The van der Waals surface area contributed by atoms with E-state index in [1.54, 1.807) is 18.2 Å². The normalized spacial score (nSPS) is 27.6.